The highest BCUT2D eigenvalue weighted by molar-refractivity contribution is 7.13. The standard InChI is InChI=1S/C18H25N5OS/c1-13-12-25-18(19-13)21-16-6-4-5-15(20-16)14-7-9-23(10-8-14)17(24)11-22(2)3/h4-6,12,14H,7-11H2,1-3H3,(H,19,20,21). The Morgan fingerprint density at radius 1 is 1.32 bits per heavy atom. The largest absolute Gasteiger partial charge is 0.342 e. The Bertz CT molecular complexity index is 722. The molecule has 3 heterocycles. The SMILES string of the molecule is Cc1csc(Nc2cccc(C3CCN(C(=O)CN(C)C)CC3)n2)n1. The van der Waals surface area contributed by atoms with Gasteiger partial charge in [-0.15, -0.1) is 11.3 Å². The Hall–Kier alpha value is -1.99. The van der Waals surface area contributed by atoms with Crippen LogP contribution in [-0.4, -0.2) is 59.4 Å². The topological polar surface area (TPSA) is 61.4 Å². The molecule has 0 aromatic carbocycles. The van der Waals surface area contributed by atoms with E-state index in [1.165, 1.54) is 0 Å². The molecule has 6 nitrogen and oxygen atoms in total. The number of pyridine rings is 1. The summed E-state index contributed by atoms with van der Waals surface area (Å²) in [5.74, 6) is 1.45. The summed E-state index contributed by atoms with van der Waals surface area (Å²) < 4.78 is 0. The van der Waals surface area contributed by atoms with Gasteiger partial charge >= 0.3 is 0 Å². The van der Waals surface area contributed by atoms with E-state index < -0.39 is 0 Å². The fourth-order valence-corrected chi connectivity index (χ4v) is 3.76. The molecular weight excluding hydrogens is 334 g/mol. The van der Waals surface area contributed by atoms with Crippen molar-refractivity contribution in [3.05, 3.63) is 35.0 Å². The van der Waals surface area contributed by atoms with E-state index in [9.17, 15) is 4.79 Å². The molecule has 1 N–H and O–H groups in total. The van der Waals surface area contributed by atoms with Crippen LogP contribution in [0.2, 0.25) is 0 Å². The molecule has 25 heavy (non-hydrogen) atoms. The van der Waals surface area contributed by atoms with Crippen LogP contribution in [0.4, 0.5) is 10.9 Å². The molecule has 2 aromatic heterocycles. The number of thiazole rings is 1. The average Bonchev–Trinajstić information content (AvgIpc) is 2.99. The number of hydrogen-bond donors (Lipinski definition) is 1. The Labute approximate surface area is 152 Å². The lowest BCUT2D eigenvalue weighted by atomic mass is 9.93. The summed E-state index contributed by atoms with van der Waals surface area (Å²) >= 11 is 1.58. The van der Waals surface area contributed by atoms with Crippen LogP contribution in [0.15, 0.2) is 23.6 Å². The molecule has 0 unspecified atom stereocenters. The third-order valence-corrected chi connectivity index (χ3v) is 5.22. The zero-order valence-corrected chi connectivity index (χ0v) is 15.8. The second-order valence-electron chi connectivity index (χ2n) is 6.76. The highest BCUT2D eigenvalue weighted by Crippen LogP contribution is 2.28. The number of nitrogens with zero attached hydrogens (tertiary/aromatic N) is 4. The van der Waals surface area contributed by atoms with Crippen LogP contribution in [0.5, 0.6) is 0 Å². The van der Waals surface area contributed by atoms with Crippen LogP contribution < -0.4 is 5.32 Å². The van der Waals surface area contributed by atoms with E-state index in [1.54, 1.807) is 11.3 Å². The number of carbonyl (C=O) groups excluding carboxylic acids is 1. The van der Waals surface area contributed by atoms with Crippen molar-refractivity contribution in [1.82, 2.24) is 19.8 Å². The molecule has 2 aromatic rings. The zero-order valence-electron chi connectivity index (χ0n) is 15.0. The molecule has 0 spiro atoms. The highest BCUT2D eigenvalue weighted by Gasteiger charge is 2.24. The molecule has 7 heteroatoms. The maximum absolute atomic E-state index is 12.2. The van der Waals surface area contributed by atoms with Crippen molar-refractivity contribution >= 4 is 28.2 Å². The molecule has 1 amide bonds. The van der Waals surface area contributed by atoms with Crippen LogP contribution in [0.3, 0.4) is 0 Å². The molecule has 0 bridgehead atoms. The van der Waals surface area contributed by atoms with E-state index in [0.717, 1.165) is 48.3 Å². The molecule has 134 valence electrons. The van der Waals surface area contributed by atoms with E-state index >= 15 is 0 Å². The quantitative estimate of drug-likeness (QED) is 0.889. The van der Waals surface area contributed by atoms with Crippen LogP contribution in [0, 0.1) is 6.92 Å². The first-order chi connectivity index (χ1) is 12.0. The van der Waals surface area contributed by atoms with Crippen molar-refractivity contribution in [2.75, 3.05) is 39.0 Å². The first-order valence-electron chi connectivity index (χ1n) is 8.60. The van der Waals surface area contributed by atoms with Gasteiger partial charge in [-0.2, -0.15) is 0 Å². The summed E-state index contributed by atoms with van der Waals surface area (Å²) in [6, 6.07) is 6.09. The lowest BCUT2D eigenvalue weighted by Gasteiger charge is -2.32. The maximum Gasteiger partial charge on any atom is 0.236 e. The fourth-order valence-electron chi connectivity index (χ4n) is 3.06. The first-order valence-corrected chi connectivity index (χ1v) is 9.48. The Balaban J connectivity index is 1.60. The lowest BCUT2D eigenvalue weighted by molar-refractivity contribution is -0.132. The molecular formula is C18H25N5OS. The van der Waals surface area contributed by atoms with Gasteiger partial charge in [0.05, 0.1) is 12.2 Å². The molecule has 1 aliphatic heterocycles. The van der Waals surface area contributed by atoms with Gasteiger partial charge in [0.15, 0.2) is 5.13 Å². The molecule has 1 fully saturated rings. The number of rotatable bonds is 5. The predicted octanol–water partition coefficient (Wildman–Crippen LogP) is 2.86. The fraction of sp³-hybridized carbons (Fsp3) is 0.500. The molecule has 1 saturated heterocycles. The summed E-state index contributed by atoms with van der Waals surface area (Å²) in [6.45, 7) is 4.08. The molecule has 0 saturated carbocycles. The normalized spacial score (nSPS) is 15.6. The van der Waals surface area contributed by atoms with Gasteiger partial charge in [-0.05, 0) is 46.0 Å². The molecule has 0 atom stereocenters. The number of likely N-dealkylation sites (tertiary alicyclic amines) is 1. The van der Waals surface area contributed by atoms with Crippen molar-refractivity contribution in [2.45, 2.75) is 25.7 Å². The van der Waals surface area contributed by atoms with Crippen LogP contribution >= 0.6 is 11.3 Å². The van der Waals surface area contributed by atoms with E-state index in [0.29, 0.717) is 12.5 Å². The van der Waals surface area contributed by atoms with Gasteiger partial charge < -0.3 is 15.1 Å². The smallest absolute Gasteiger partial charge is 0.236 e. The molecule has 1 aliphatic rings. The minimum atomic E-state index is 0.214. The van der Waals surface area contributed by atoms with Gasteiger partial charge in [0, 0.05) is 30.1 Å². The lowest BCUT2D eigenvalue weighted by Crippen LogP contribution is -2.42. The van der Waals surface area contributed by atoms with Crippen molar-refractivity contribution < 1.29 is 4.79 Å². The number of piperidine rings is 1. The van der Waals surface area contributed by atoms with Gasteiger partial charge in [0.2, 0.25) is 5.91 Å². The van der Waals surface area contributed by atoms with E-state index in [4.69, 9.17) is 4.98 Å². The van der Waals surface area contributed by atoms with Crippen LogP contribution in [-0.2, 0) is 4.79 Å². The summed E-state index contributed by atoms with van der Waals surface area (Å²) in [6.07, 6.45) is 1.93. The van der Waals surface area contributed by atoms with E-state index in [1.807, 2.05) is 48.3 Å². The van der Waals surface area contributed by atoms with E-state index in [2.05, 4.69) is 16.4 Å². The number of nitrogens with one attached hydrogen (secondary N) is 1. The number of amides is 1. The van der Waals surface area contributed by atoms with Gasteiger partial charge in [0.1, 0.15) is 5.82 Å². The molecule has 0 aliphatic carbocycles. The number of aryl methyl sites for hydroxylation is 1. The zero-order chi connectivity index (χ0) is 17.8. The molecule has 0 radical (unpaired) electrons. The van der Waals surface area contributed by atoms with Crippen LogP contribution in [0.25, 0.3) is 0 Å². The second kappa shape index (κ2) is 7.93. The Kier molecular flexibility index (Phi) is 5.65. The van der Waals surface area contributed by atoms with Crippen molar-refractivity contribution in [2.24, 2.45) is 0 Å². The first kappa shape index (κ1) is 17.8. The Morgan fingerprint density at radius 2 is 2.08 bits per heavy atom. The van der Waals surface area contributed by atoms with E-state index in [-0.39, 0.29) is 5.91 Å². The third kappa shape index (κ3) is 4.76. The average molecular weight is 359 g/mol. The summed E-state index contributed by atoms with van der Waals surface area (Å²) in [5, 5.41) is 6.17. The van der Waals surface area contributed by atoms with Crippen molar-refractivity contribution in [3.8, 4) is 0 Å². The number of likely N-dealkylation sites (N-methyl/N-ethyl adjacent to an activating group) is 1. The van der Waals surface area contributed by atoms with Crippen LogP contribution in [0.1, 0.15) is 30.1 Å². The van der Waals surface area contributed by atoms with Gasteiger partial charge in [0.25, 0.3) is 0 Å². The monoisotopic (exact) mass is 359 g/mol. The number of hydrogen-bond acceptors (Lipinski definition) is 6. The van der Waals surface area contributed by atoms with Gasteiger partial charge in [-0.25, -0.2) is 9.97 Å². The predicted molar refractivity (Wildman–Crippen MR) is 101 cm³/mol. The van der Waals surface area contributed by atoms with Crippen molar-refractivity contribution in [1.29, 1.82) is 0 Å². The number of carbonyl (C=O) groups is 1. The minimum Gasteiger partial charge on any atom is -0.342 e. The number of anilines is 2. The van der Waals surface area contributed by atoms with Gasteiger partial charge in [-0.3, -0.25) is 4.79 Å². The van der Waals surface area contributed by atoms with Crippen molar-refractivity contribution in [3.63, 3.8) is 0 Å². The third-order valence-electron chi connectivity index (χ3n) is 4.34. The highest BCUT2D eigenvalue weighted by atomic mass is 32.1. The summed E-state index contributed by atoms with van der Waals surface area (Å²) in [4.78, 5) is 25.2. The van der Waals surface area contributed by atoms with Gasteiger partial charge in [-0.1, -0.05) is 6.07 Å². The molecule has 3 rings (SSSR count). The minimum absolute atomic E-state index is 0.214. The second-order valence-corrected chi connectivity index (χ2v) is 7.62. The Morgan fingerprint density at radius 3 is 2.72 bits per heavy atom. The number of aromatic nitrogens is 2. The maximum atomic E-state index is 12.2. The summed E-state index contributed by atoms with van der Waals surface area (Å²) in [7, 11) is 3.86. The summed E-state index contributed by atoms with van der Waals surface area (Å²) in [5.41, 5.74) is 2.11.